The molecule has 0 saturated heterocycles. The van der Waals surface area contributed by atoms with Gasteiger partial charge < -0.3 is 20.7 Å². The summed E-state index contributed by atoms with van der Waals surface area (Å²) in [5.41, 5.74) is 2.16. The van der Waals surface area contributed by atoms with Crippen LogP contribution in [-0.4, -0.2) is 28.0 Å². The number of amides is 1. The van der Waals surface area contributed by atoms with Gasteiger partial charge in [-0.05, 0) is 24.3 Å². The SMILES string of the molecule is COc1c(Nc2cc(Nc3ccc(Cl)cn3)ncn2)ccc2c1CNC2=O. The van der Waals surface area contributed by atoms with Gasteiger partial charge in [0.05, 0.1) is 17.8 Å². The highest BCUT2D eigenvalue weighted by Crippen LogP contribution is 2.35. The topological polar surface area (TPSA) is 101 Å². The summed E-state index contributed by atoms with van der Waals surface area (Å²) in [7, 11) is 1.57. The van der Waals surface area contributed by atoms with Crippen molar-refractivity contribution in [2.75, 3.05) is 17.7 Å². The van der Waals surface area contributed by atoms with Crippen molar-refractivity contribution >= 4 is 40.6 Å². The standard InChI is InChI=1S/C18H15ClN6O2/c1-27-17-12-8-21-18(26)11(12)3-4-13(17)24-15-6-16(23-9-22-15)25-14-5-2-10(19)7-20-14/h2-7,9H,8H2,1H3,(H,21,26)(H2,20,22,23,24,25). The van der Waals surface area contributed by atoms with E-state index in [0.717, 1.165) is 5.56 Å². The summed E-state index contributed by atoms with van der Waals surface area (Å²) >= 11 is 5.84. The summed E-state index contributed by atoms with van der Waals surface area (Å²) in [6, 6.07) is 8.79. The van der Waals surface area contributed by atoms with E-state index in [4.69, 9.17) is 16.3 Å². The summed E-state index contributed by atoms with van der Waals surface area (Å²) < 4.78 is 5.51. The molecule has 8 nitrogen and oxygen atoms in total. The fourth-order valence-corrected chi connectivity index (χ4v) is 2.94. The highest BCUT2D eigenvalue weighted by Gasteiger charge is 2.24. The van der Waals surface area contributed by atoms with Crippen molar-refractivity contribution in [2.45, 2.75) is 6.54 Å². The lowest BCUT2D eigenvalue weighted by Gasteiger charge is -2.14. The van der Waals surface area contributed by atoms with E-state index in [-0.39, 0.29) is 5.91 Å². The van der Waals surface area contributed by atoms with Crippen LogP contribution in [0.15, 0.2) is 42.9 Å². The average molecular weight is 383 g/mol. The monoisotopic (exact) mass is 382 g/mol. The smallest absolute Gasteiger partial charge is 0.252 e. The molecule has 0 fully saturated rings. The van der Waals surface area contributed by atoms with Crippen molar-refractivity contribution in [1.82, 2.24) is 20.3 Å². The van der Waals surface area contributed by atoms with Gasteiger partial charge in [-0.3, -0.25) is 4.79 Å². The van der Waals surface area contributed by atoms with E-state index in [2.05, 4.69) is 30.9 Å². The van der Waals surface area contributed by atoms with Crippen LogP contribution in [0.5, 0.6) is 5.75 Å². The largest absolute Gasteiger partial charge is 0.494 e. The molecule has 4 rings (SSSR count). The Balaban J connectivity index is 1.58. The maximum atomic E-state index is 11.8. The number of anilines is 4. The number of fused-ring (bicyclic) bond motifs is 1. The Morgan fingerprint density at radius 3 is 2.63 bits per heavy atom. The second-order valence-corrected chi connectivity index (χ2v) is 6.19. The van der Waals surface area contributed by atoms with Crippen LogP contribution in [0.3, 0.4) is 0 Å². The van der Waals surface area contributed by atoms with Gasteiger partial charge in [-0.1, -0.05) is 11.6 Å². The second kappa shape index (κ2) is 7.08. The fraction of sp³-hybridized carbons (Fsp3) is 0.111. The zero-order chi connectivity index (χ0) is 18.8. The van der Waals surface area contributed by atoms with Crippen LogP contribution < -0.4 is 20.7 Å². The lowest BCUT2D eigenvalue weighted by molar-refractivity contribution is 0.0966. The minimum absolute atomic E-state index is 0.0983. The molecule has 1 amide bonds. The van der Waals surface area contributed by atoms with E-state index in [1.165, 1.54) is 6.33 Å². The van der Waals surface area contributed by atoms with Crippen molar-refractivity contribution in [3.05, 3.63) is 59.0 Å². The Bertz CT molecular complexity index is 1010. The molecule has 0 atom stereocenters. The number of nitrogens with zero attached hydrogens (tertiary/aromatic N) is 3. The predicted molar refractivity (Wildman–Crippen MR) is 102 cm³/mol. The van der Waals surface area contributed by atoms with Crippen LogP contribution in [0.2, 0.25) is 5.02 Å². The van der Waals surface area contributed by atoms with Gasteiger partial charge in [0.15, 0.2) is 0 Å². The van der Waals surface area contributed by atoms with Crippen LogP contribution in [0.4, 0.5) is 23.1 Å². The van der Waals surface area contributed by atoms with Crippen LogP contribution in [0.1, 0.15) is 15.9 Å². The quantitative estimate of drug-likeness (QED) is 0.622. The zero-order valence-corrected chi connectivity index (χ0v) is 15.0. The van der Waals surface area contributed by atoms with E-state index in [1.54, 1.807) is 43.6 Å². The van der Waals surface area contributed by atoms with Gasteiger partial charge >= 0.3 is 0 Å². The Hall–Kier alpha value is -3.39. The number of methoxy groups -OCH3 is 1. The van der Waals surface area contributed by atoms with Crippen molar-refractivity contribution < 1.29 is 9.53 Å². The number of aromatic nitrogens is 3. The predicted octanol–water partition coefficient (Wildman–Crippen LogP) is 3.26. The number of hydrogen-bond donors (Lipinski definition) is 3. The van der Waals surface area contributed by atoms with E-state index < -0.39 is 0 Å². The Morgan fingerprint density at radius 1 is 1.07 bits per heavy atom. The Labute approximate surface area is 160 Å². The van der Waals surface area contributed by atoms with Crippen molar-refractivity contribution in [3.63, 3.8) is 0 Å². The first kappa shape index (κ1) is 17.0. The number of ether oxygens (including phenoxy) is 1. The first-order chi connectivity index (χ1) is 13.1. The van der Waals surface area contributed by atoms with Gasteiger partial charge in [0.2, 0.25) is 0 Å². The molecular weight excluding hydrogens is 368 g/mol. The molecule has 27 heavy (non-hydrogen) atoms. The maximum Gasteiger partial charge on any atom is 0.252 e. The third kappa shape index (κ3) is 3.47. The molecule has 0 spiro atoms. The van der Waals surface area contributed by atoms with Gasteiger partial charge in [0, 0.05) is 29.9 Å². The number of carbonyl (C=O) groups is 1. The number of nitrogens with one attached hydrogen (secondary N) is 3. The van der Waals surface area contributed by atoms with Crippen molar-refractivity contribution in [3.8, 4) is 5.75 Å². The summed E-state index contributed by atoms with van der Waals surface area (Å²) in [5, 5.41) is 9.64. The molecule has 0 aliphatic carbocycles. The van der Waals surface area contributed by atoms with Crippen LogP contribution in [-0.2, 0) is 6.54 Å². The van der Waals surface area contributed by atoms with Crippen molar-refractivity contribution in [2.24, 2.45) is 0 Å². The number of hydrogen-bond acceptors (Lipinski definition) is 7. The van der Waals surface area contributed by atoms with Gasteiger partial charge in [0.1, 0.15) is 29.5 Å². The number of benzene rings is 1. The van der Waals surface area contributed by atoms with Gasteiger partial charge in [0.25, 0.3) is 5.91 Å². The van der Waals surface area contributed by atoms with E-state index >= 15 is 0 Å². The number of carbonyl (C=O) groups excluding carboxylic acids is 1. The zero-order valence-electron chi connectivity index (χ0n) is 14.3. The van der Waals surface area contributed by atoms with Gasteiger partial charge in [-0.15, -0.1) is 0 Å². The lowest BCUT2D eigenvalue weighted by atomic mass is 10.1. The highest BCUT2D eigenvalue weighted by molar-refractivity contribution is 6.30. The Kier molecular flexibility index (Phi) is 4.47. The lowest BCUT2D eigenvalue weighted by Crippen LogP contribution is -2.12. The molecule has 0 bridgehead atoms. The molecule has 136 valence electrons. The van der Waals surface area contributed by atoms with Crippen molar-refractivity contribution in [1.29, 1.82) is 0 Å². The molecule has 3 heterocycles. The van der Waals surface area contributed by atoms with Crippen LogP contribution >= 0.6 is 11.6 Å². The Morgan fingerprint density at radius 2 is 1.89 bits per heavy atom. The third-order valence-electron chi connectivity index (χ3n) is 4.05. The molecule has 1 aliphatic heterocycles. The van der Waals surface area contributed by atoms with Crippen LogP contribution in [0, 0.1) is 0 Å². The minimum Gasteiger partial charge on any atom is -0.494 e. The molecule has 1 aliphatic rings. The molecule has 3 aromatic rings. The number of pyridine rings is 1. The van der Waals surface area contributed by atoms with Gasteiger partial charge in [-0.2, -0.15) is 0 Å². The van der Waals surface area contributed by atoms with E-state index in [9.17, 15) is 4.79 Å². The molecular formula is C18H15ClN6O2. The second-order valence-electron chi connectivity index (χ2n) is 5.76. The van der Waals surface area contributed by atoms with E-state index in [1.807, 2.05) is 0 Å². The summed E-state index contributed by atoms with van der Waals surface area (Å²) in [6.07, 6.45) is 2.99. The molecule has 2 aromatic heterocycles. The van der Waals surface area contributed by atoms with Crippen LogP contribution in [0.25, 0.3) is 0 Å². The minimum atomic E-state index is -0.0983. The maximum absolute atomic E-state index is 11.8. The molecule has 0 saturated carbocycles. The highest BCUT2D eigenvalue weighted by atomic mass is 35.5. The summed E-state index contributed by atoms with van der Waals surface area (Å²) in [5.74, 6) is 2.26. The van der Waals surface area contributed by atoms with E-state index in [0.29, 0.717) is 46.0 Å². The van der Waals surface area contributed by atoms with Gasteiger partial charge in [-0.25, -0.2) is 15.0 Å². The molecule has 0 radical (unpaired) electrons. The molecule has 1 aromatic carbocycles. The fourth-order valence-electron chi connectivity index (χ4n) is 2.82. The number of halogens is 1. The molecule has 0 unspecified atom stereocenters. The summed E-state index contributed by atoms with van der Waals surface area (Å²) in [4.78, 5) is 24.4. The average Bonchev–Trinajstić information content (AvgIpc) is 3.05. The number of rotatable bonds is 5. The first-order valence-corrected chi connectivity index (χ1v) is 8.47. The third-order valence-corrected chi connectivity index (χ3v) is 4.27. The summed E-state index contributed by atoms with van der Waals surface area (Å²) in [6.45, 7) is 0.436. The molecule has 3 N–H and O–H groups in total. The normalized spacial score (nSPS) is 12.3. The first-order valence-electron chi connectivity index (χ1n) is 8.10. The molecule has 9 heteroatoms.